The van der Waals surface area contributed by atoms with Crippen molar-refractivity contribution < 1.29 is 14.6 Å². The molecule has 0 aromatic heterocycles. The molecule has 0 saturated carbocycles. The van der Waals surface area contributed by atoms with E-state index in [0.29, 0.717) is 17.6 Å². The lowest BCUT2D eigenvalue weighted by Gasteiger charge is -2.10. The minimum atomic E-state index is -0.776. The van der Waals surface area contributed by atoms with Gasteiger partial charge < -0.3 is 14.6 Å². The molecule has 0 radical (unpaired) electrons. The van der Waals surface area contributed by atoms with Crippen molar-refractivity contribution in [3.8, 4) is 11.5 Å². The van der Waals surface area contributed by atoms with Crippen molar-refractivity contribution >= 4 is 6.29 Å². The number of aliphatic hydroxyl groups is 1. The first-order chi connectivity index (χ1) is 8.79. The van der Waals surface area contributed by atoms with Crippen LogP contribution in [0.5, 0.6) is 11.5 Å². The third-order valence-electron chi connectivity index (χ3n) is 2.54. The highest BCUT2D eigenvalue weighted by molar-refractivity contribution is 5.51. The van der Waals surface area contributed by atoms with Gasteiger partial charge in [-0.15, -0.1) is 0 Å². The predicted molar refractivity (Wildman–Crippen MR) is 68.6 cm³/mol. The number of para-hydroxylation sites is 1. The number of hydrogen-bond donors (Lipinski definition) is 1. The number of ether oxygens (including phenoxy) is 1. The van der Waals surface area contributed by atoms with E-state index in [-0.39, 0.29) is 6.42 Å². The van der Waals surface area contributed by atoms with Crippen molar-refractivity contribution in [3.05, 3.63) is 60.2 Å². The Kier molecular flexibility index (Phi) is 4.10. The summed E-state index contributed by atoms with van der Waals surface area (Å²) in [5.41, 5.74) is 0.676. The van der Waals surface area contributed by atoms with Gasteiger partial charge >= 0.3 is 0 Å². The molecule has 0 heterocycles. The lowest BCUT2D eigenvalue weighted by atomic mass is 10.1. The van der Waals surface area contributed by atoms with E-state index in [4.69, 9.17) is 4.74 Å². The molecule has 3 heteroatoms. The first kappa shape index (κ1) is 12.3. The third kappa shape index (κ3) is 3.18. The van der Waals surface area contributed by atoms with Gasteiger partial charge in [-0.1, -0.05) is 30.3 Å². The number of carbonyl (C=O) groups excluding carboxylic acids is 1. The number of rotatable bonds is 5. The van der Waals surface area contributed by atoms with Gasteiger partial charge in [0.05, 0.1) is 6.10 Å². The average Bonchev–Trinajstić information content (AvgIpc) is 2.40. The summed E-state index contributed by atoms with van der Waals surface area (Å²) >= 11 is 0. The average molecular weight is 242 g/mol. The summed E-state index contributed by atoms with van der Waals surface area (Å²) in [5, 5.41) is 9.72. The monoisotopic (exact) mass is 242 g/mol. The largest absolute Gasteiger partial charge is 0.457 e. The minimum absolute atomic E-state index is 0.0921. The van der Waals surface area contributed by atoms with Gasteiger partial charge in [-0.3, -0.25) is 0 Å². The summed E-state index contributed by atoms with van der Waals surface area (Å²) in [7, 11) is 0. The molecule has 0 saturated heterocycles. The molecule has 1 N–H and O–H groups in total. The maximum atomic E-state index is 10.4. The van der Waals surface area contributed by atoms with Crippen LogP contribution in [0.1, 0.15) is 18.1 Å². The molecule has 0 aliphatic carbocycles. The Bertz CT molecular complexity index is 508. The summed E-state index contributed by atoms with van der Waals surface area (Å²) in [5.74, 6) is 1.38. The summed E-state index contributed by atoms with van der Waals surface area (Å²) < 4.78 is 5.65. The Morgan fingerprint density at radius 3 is 2.50 bits per heavy atom. The lowest BCUT2D eigenvalue weighted by molar-refractivity contribution is -0.109. The van der Waals surface area contributed by atoms with Crippen LogP contribution in [0.2, 0.25) is 0 Å². The van der Waals surface area contributed by atoms with Crippen molar-refractivity contribution in [1.82, 2.24) is 0 Å². The molecule has 0 spiro atoms. The zero-order valence-corrected chi connectivity index (χ0v) is 9.82. The molecule has 0 bridgehead atoms. The molecule has 1 atom stereocenters. The summed E-state index contributed by atoms with van der Waals surface area (Å²) in [4.78, 5) is 10.4. The van der Waals surface area contributed by atoms with Gasteiger partial charge in [0, 0.05) is 6.42 Å². The van der Waals surface area contributed by atoms with Crippen LogP contribution in [0.25, 0.3) is 0 Å². The highest BCUT2D eigenvalue weighted by atomic mass is 16.5. The third-order valence-corrected chi connectivity index (χ3v) is 2.54. The highest BCUT2D eigenvalue weighted by Gasteiger charge is 2.07. The van der Waals surface area contributed by atoms with E-state index in [1.165, 1.54) is 0 Å². The van der Waals surface area contributed by atoms with E-state index in [1.54, 1.807) is 18.2 Å². The normalized spacial score (nSPS) is 11.8. The van der Waals surface area contributed by atoms with E-state index >= 15 is 0 Å². The maximum absolute atomic E-state index is 10.4. The smallest absolute Gasteiger partial charge is 0.127 e. The first-order valence-electron chi connectivity index (χ1n) is 5.74. The molecule has 0 aliphatic heterocycles. The number of benzene rings is 2. The van der Waals surface area contributed by atoms with E-state index in [1.807, 2.05) is 36.4 Å². The Morgan fingerprint density at radius 2 is 1.78 bits per heavy atom. The second-order valence-electron chi connectivity index (χ2n) is 3.91. The first-order valence-corrected chi connectivity index (χ1v) is 5.74. The summed E-state index contributed by atoms with van der Waals surface area (Å²) in [6, 6.07) is 16.5. The standard InChI is InChI=1S/C15H14O3/c16-10-9-15(17)12-5-4-8-14(11-12)18-13-6-2-1-3-7-13/h1-8,10-11,15,17H,9H2. The Labute approximate surface area is 106 Å². The molecule has 0 amide bonds. The Balaban J connectivity index is 2.15. The Morgan fingerprint density at radius 1 is 1.06 bits per heavy atom. The maximum Gasteiger partial charge on any atom is 0.127 e. The van der Waals surface area contributed by atoms with Crippen LogP contribution < -0.4 is 4.74 Å². The van der Waals surface area contributed by atoms with E-state index in [2.05, 4.69) is 0 Å². The number of hydrogen-bond acceptors (Lipinski definition) is 3. The summed E-state index contributed by atoms with van der Waals surface area (Å²) in [6.07, 6.45) is 0.0197. The highest BCUT2D eigenvalue weighted by Crippen LogP contribution is 2.25. The van der Waals surface area contributed by atoms with Gasteiger partial charge in [0.15, 0.2) is 0 Å². The van der Waals surface area contributed by atoms with Gasteiger partial charge in [-0.05, 0) is 29.8 Å². The van der Waals surface area contributed by atoms with E-state index < -0.39 is 6.10 Å². The zero-order chi connectivity index (χ0) is 12.8. The van der Waals surface area contributed by atoms with Gasteiger partial charge in [-0.2, -0.15) is 0 Å². The molecular formula is C15H14O3. The molecule has 3 nitrogen and oxygen atoms in total. The number of carbonyl (C=O) groups is 1. The molecule has 0 aliphatic rings. The zero-order valence-electron chi connectivity index (χ0n) is 9.82. The van der Waals surface area contributed by atoms with E-state index in [0.717, 1.165) is 5.75 Å². The van der Waals surface area contributed by atoms with Crippen molar-refractivity contribution in [2.75, 3.05) is 0 Å². The Hall–Kier alpha value is -2.13. The van der Waals surface area contributed by atoms with Gasteiger partial charge in [0.1, 0.15) is 17.8 Å². The predicted octanol–water partition coefficient (Wildman–Crippen LogP) is 3.10. The quantitative estimate of drug-likeness (QED) is 0.819. The van der Waals surface area contributed by atoms with Gasteiger partial charge in [0.2, 0.25) is 0 Å². The number of aliphatic hydroxyl groups excluding tert-OH is 1. The van der Waals surface area contributed by atoms with Crippen molar-refractivity contribution in [2.45, 2.75) is 12.5 Å². The molecular weight excluding hydrogens is 228 g/mol. The van der Waals surface area contributed by atoms with Gasteiger partial charge in [-0.25, -0.2) is 0 Å². The number of aldehydes is 1. The second kappa shape index (κ2) is 5.98. The topological polar surface area (TPSA) is 46.5 Å². The fourth-order valence-electron chi connectivity index (χ4n) is 1.64. The van der Waals surface area contributed by atoms with Crippen LogP contribution in [0, 0.1) is 0 Å². The minimum Gasteiger partial charge on any atom is -0.457 e. The SMILES string of the molecule is O=CCC(O)c1cccc(Oc2ccccc2)c1. The van der Waals surface area contributed by atoms with Crippen LogP contribution in [-0.2, 0) is 4.79 Å². The van der Waals surface area contributed by atoms with Crippen molar-refractivity contribution in [3.63, 3.8) is 0 Å². The van der Waals surface area contributed by atoms with Crippen LogP contribution in [0.15, 0.2) is 54.6 Å². The van der Waals surface area contributed by atoms with Gasteiger partial charge in [0.25, 0.3) is 0 Å². The van der Waals surface area contributed by atoms with E-state index in [9.17, 15) is 9.90 Å². The molecule has 0 fully saturated rings. The molecule has 18 heavy (non-hydrogen) atoms. The molecule has 2 aromatic carbocycles. The molecule has 1 unspecified atom stereocenters. The van der Waals surface area contributed by atoms with Crippen LogP contribution in [-0.4, -0.2) is 11.4 Å². The van der Waals surface area contributed by atoms with Crippen LogP contribution >= 0.6 is 0 Å². The van der Waals surface area contributed by atoms with Crippen LogP contribution in [0.3, 0.4) is 0 Å². The van der Waals surface area contributed by atoms with Crippen LogP contribution in [0.4, 0.5) is 0 Å². The fraction of sp³-hybridized carbons (Fsp3) is 0.133. The summed E-state index contributed by atoms with van der Waals surface area (Å²) in [6.45, 7) is 0. The van der Waals surface area contributed by atoms with Crippen molar-refractivity contribution in [2.24, 2.45) is 0 Å². The molecule has 2 rings (SSSR count). The van der Waals surface area contributed by atoms with Crippen molar-refractivity contribution in [1.29, 1.82) is 0 Å². The lowest BCUT2D eigenvalue weighted by Crippen LogP contribution is -1.98. The second-order valence-corrected chi connectivity index (χ2v) is 3.91. The molecule has 2 aromatic rings. The molecule has 92 valence electrons. The fourth-order valence-corrected chi connectivity index (χ4v) is 1.64.